The molecule has 1 aromatic carbocycles. The van der Waals surface area contributed by atoms with Crippen LogP contribution in [0.4, 0.5) is 0 Å². The number of aromatic hydroxyl groups is 1. The number of terminal acetylenes is 1. The molecule has 1 atom stereocenters. The van der Waals surface area contributed by atoms with Gasteiger partial charge in [-0.2, -0.15) is 0 Å². The molecule has 0 aliphatic carbocycles. The highest BCUT2D eigenvalue weighted by Gasteiger charge is 2.13. The molecule has 0 radical (unpaired) electrons. The fourth-order valence-electron chi connectivity index (χ4n) is 1.37. The van der Waals surface area contributed by atoms with Crippen molar-refractivity contribution in [2.45, 2.75) is 18.9 Å². The molecule has 0 bridgehead atoms. The third kappa shape index (κ3) is 4.58. The SMILES string of the molecule is C#CCCNC(=O)[C@H](N)Cc1ccc(O)cc1. The molecule has 0 unspecified atom stereocenters. The van der Waals surface area contributed by atoms with E-state index in [1.54, 1.807) is 24.3 Å². The van der Waals surface area contributed by atoms with Gasteiger partial charge < -0.3 is 16.2 Å². The fourth-order valence-corrected chi connectivity index (χ4v) is 1.37. The minimum atomic E-state index is -0.600. The van der Waals surface area contributed by atoms with Gasteiger partial charge in [-0.25, -0.2) is 0 Å². The molecule has 0 spiro atoms. The van der Waals surface area contributed by atoms with Gasteiger partial charge in [0, 0.05) is 13.0 Å². The lowest BCUT2D eigenvalue weighted by Crippen LogP contribution is -2.42. The summed E-state index contributed by atoms with van der Waals surface area (Å²) < 4.78 is 0. The largest absolute Gasteiger partial charge is 0.508 e. The predicted octanol–water partition coefficient (Wildman–Crippen LogP) is 0.401. The van der Waals surface area contributed by atoms with Crippen LogP contribution in [0.15, 0.2) is 24.3 Å². The molecule has 4 nitrogen and oxygen atoms in total. The molecule has 1 rings (SSSR count). The van der Waals surface area contributed by atoms with Crippen LogP contribution in [0.2, 0.25) is 0 Å². The van der Waals surface area contributed by atoms with E-state index in [4.69, 9.17) is 17.3 Å². The fraction of sp³-hybridized carbons (Fsp3) is 0.308. The number of nitrogens with two attached hydrogens (primary N) is 1. The van der Waals surface area contributed by atoms with E-state index in [2.05, 4.69) is 11.2 Å². The van der Waals surface area contributed by atoms with Crippen LogP contribution in [0, 0.1) is 12.3 Å². The van der Waals surface area contributed by atoms with E-state index in [9.17, 15) is 4.79 Å². The van der Waals surface area contributed by atoms with Crippen molar-refractivity contribution >= 4 is 5.91 Å². The Bertz CT molecular complexity index is 406. The molecule has 0 saturated heterocycles. The van der Waals surface area contributed by atoms with Gasteiger partial charge in [0.05, 0.1) is 6.04 Å². The molecule has 90 valence electrons. The number of benzene rings is 1. The monoisotopic (exact) mass is 232 g/mol. The Balaban J connectivity index is 2.43. The van der Waals surface area contributed by atoms with Crippen LogP contribution < -0.4 is 11.1 Å². The standard InChI is InChI=1S/C13H16N2O2/c1-2-3-8-15-13(17)12(14)9-10-4-6-11(16)7-5-10/h1,4-7,12,16H,3,8-9,14H2,(H,15,17)/t12-/m1/s1. The number of rotatable bonds is 5. The highest BCUT2D eigenvalue weighted by molar-refractivity contribution is 5.81. The smallest absolute Gasteiger partial charge is 0.237 e. The van der Waals surface area contributed by atoms with Crippen LogP contribution in [-0.4, -0.2) is 23.6 Å². The Morgan fingerprint density at radius 1 is 1.47 bits per heavy atom. The van der Waals surface area contributed by atoms with Gasteiger partial charge in [-0.05, 0) is 24.1 Å². The minimum Gasteiger partial charge on any atom is -0.508 e. The first-order valence-electron chi connectivity index (χ1n) is 5.38. The van der Waals surface area contributed by atoms with Gasteiger partial charge in [0.2, 0.25) is 5.91 Å². The Kier molecular flexibility index (Phi) is 5.05. The zero-order valence-electron chi connectivity index (χ0n) is 9.52. The summed E-state index contributed by atoms with van der Waals surface area (Å²) in [5.74, 6) is 2.42. The van der Waals surface area contributed by atoms with Crippen LogP contribution >= 0.6 is 0 Å². The van der Waals surface area contributed by atoms with Gasteiger partial charge in [-0.3, -0.25) is 4.79 Å². The normalized spacial score (nSPS) is 11.5. The summed E-state index contributed by atoms with van der Waals surface area (Å²) in [6, 6.07) is 6.02. The molecular weight excluding hydrogens is 216 g/mol. The summed E-state index contributed by atoms with van der Waals surface area (Å²) in [4.78, 5) is 11.5. The topological polar surface area (TPSA) is 75.4 Å². The second kappa shape index (κ2) is 6.56. The summed E-state index contributed by atoms with van der Waals surface area (Å²) in [6.07, 6.45) is 6.00. The zero-order valence-corrected chi connectivity index (χ0v) is 9.52. The number of amides is 1. The summed E-state index contributed by atoms with van der Waals surface area (Å²) in [5, 5.41) is 11.8. The summed E-state index contributed by atoms with van der Waals surface area (Å²) in [5.41, 5.74) is 6.65. The molecule has 0 fully saturated rings. The van der Waals surface area contributed by atoms with Crippen molar-refractivity contribution in [3.05, 3.63) is 29.8 Å². The van der Waals surface area contributed by atoms with Crippen molar-refractivity contribution in [2.75, 3.05) is 6.54 Å². The van der Waals surface area contributed by atoms with Crippen molar-refractivity contribution in [1.82, 2.24) is 5.32 Å². The number of carbonyl (C=O) groups excluding carboxylic acids is 1. The van der Waals surface area contributed by atoms with Crippen LogP contribution in [0.1, 0.15) is 12.0 Å². The molecule has 4 heteroatoms. The molecule has 1 amide bonds. The molecule has 0 aliphatic heterocycles. The highest BCUT2D eigenvalue weighted by Crippen LogP contribution is 2.10. The first-order valence-corrected chi connectivity index (χ1v) is 5.38. The number of phenolic OH excluding ortho intramolecular Hbond substituents is 1. The molecular formula is C13H16N2O2. The lowest BCUT2D eigenvalue weighted by atomic mass is 10.1. The lowest BCUT2D eigenvalue weighted by Gasteiger charge is -2.11. The summed E-state index contributed by atoms with van der Waals surface area (Å²) in [7, 11) is 0. The number of carbonyl (C=O) groups is 1. The van der Waals surface area contributed by atoms with E-state index in [0.29, 0.717) is 19.4 Å². The summed E-state index contributed by atoms with van der Waals surface area (Å²) >= 11 is 0. The van der Waals surface area contributed by atoms with Crippen LogP contribution in [-0.2, 0) is 11.2 Å². The maximum absolute atomic E-state index is 11.5. The maximum atomic E-state index is 11.5. The second-order valence-electron chi connectivity index (χ2n) is 3.72. The van der Waals surface area contributed by atoms with Crippen molar-refractivity contribution in [2.24, 2.45) is 5.73 Å². The quantitative estimate of drug-likeness (QED) is 0.508. The molecule has 1 aromatic rings. The van der Waals surface area contributed by atoms with E-state index in [0.717, 1.165) is 5.56 Å². The Morgan fingerprint density at radius 3 is 2.71 bits per heavy atom. The number of hydrogen-bond acceptors (Lipinski definition) is 3. The van der Waals surface area contributed by atoms with Gasteiger partial charge >= 0.3 is 0 Å². The maximum Gasteiger partial charge on any atom is 0.237 e. The molecule has 0 aromatic heterocycles. The third-order valence-electron chi connectivity index (χ3n) is 2.30. The first kappa shape index (κ1) is 13.1. The van der Waals surface area contributed by atoms with Gasteiger partial charge in [-0.1, -0.05) is 12.1 Å². The third-order valence-corrected chi connectivity index (χ3v) is 2.30. The number of hydrogen-bond donors (Lipinski definition) is 3. The predicted molar refractivity (Wildman–Crippen MR) is 66.2 cm³/mol. The highest BCUT2D eigenvalue weighted by atomic mass is 16.3. The zero-order chi connectivity index (χ0) is 12.7. The molecule has 0 heterocycles. The Hall–Kier alpha value is -1.99. The van der Waals surface area contributed by atoms with Gasteiger partial charge in [0.15, 0.2) is 0 Å². The van der Waals surface area contributed by atoms with E-state index in [1.807, 2.05) is 0 Å². The Morgan fingerprint density at radius 2 is 2.12 bits per heavy atom. The van der Waals surface area contributed by atoms with Crippen molar-refractivity contribution in [3.8, 4) is 18.1 Å². The average molecular weight is 232 g/mol. The van der Waals surface area contributed by atoms with Gasteiger partial charge in [0.25, 0.3) is 0 Å². The molecule has 0 saturated carbocycles. The first-order chi connectivity index (χ1) is 8.13. The van der Waals surface area contributed by atoms with Gasteiger partial charge in [-0.15, -0.1) is 12.3 Å². The molecule has 17 heavy (non-hydrogen) atoms. The average Bonchev–Trinajstić information content (AvgIpc) is 2.32. The lowest BCUT2D eigenvalue weighted by molar-refractivity contribution is -0.122. The van der Waals surface area contributed by atoms with Crippen molar-refractivity contribution in [1.29, 1.82) is 0 Å². The van der Waals surface area contributed by atoms with Gasteiger partial charge in [0.1, 0.15) is 5.75 Å². The molecule has 4 N–H and O–H groups in total. The van der Waals surface area contributed by atoms with E-state index in [1.165, 1.54) is 0 Å². The second-order valence-corrected chi connectivity index (χ2v) is 3.72. The van der Waals surface area contributed by atoms with Crippen molar-refractivity contribution in [3.63, 3.8) is 0 Å². The number of nitrogens with one attached hydrogen (secondary N) is 1. The minimum absolute atomic E-state index is 0.195. The van der Waals surface area contributed by atoms with E-state index in [-0.39, 0.29) is 11.7 Å². The van der Waals surface area contributed by atoms with Crippen LogP contribution in [0.3, 0.4) is 0 Å². The summed E-state index contributed by atoms with van der Waals surface area (Å²) in [6.45, 7) is 0.443. The Labute approximate surface area is 101 Å². The van der Waals surface area contributed by atoms with Crippen LogP contribution in [0.25, 0.3) is 0 Å². The number of phenols is 1. The van der Waals surface area contributed by atoms with Crippen LogP contribution in [0.5, 0.6) is 5.75 Å². The van der Waals surface area contributed by atoms with E-state index < -0.39 is 6.04 Å². The molecule has 0 aliphatic rings. The van der Waals surface area contributed by atoms with E-state index >= 15 is 0 Å². The van der Waals surface area contributed by atoms with Crippen molar-refractivity contribution < 1.29 is 9.90 Å².